The Balaban J connectivity index is 1.60. The van der Waals surface area contributed by atoms with E-state index in [-0.39, 0.29) is 0 Å². The average Bonchev–Trinajstić information content (AvgIpc) is 3.34. The number of allylic oxidation sites excluding steroid dienone is 1. The van der Waals surface area contributed by atoms with Crippen molar-refractivity contribution in [3.05, 3.63) is 41.5 Å². The third-order valence-electron chi connectivity index (χ3n) is 6.51. The first-order chi connectivity index (χ1) is 15.7. The van der Waals surface area contributed by atoms with Gasteiger partial charge in [0.1, 0.15) is 11.6 Å². The molecule has 0 atom stereocenters. The Bertz CT molecular complexity index is 1340. The van der Waals surface area contributed by atoms with E-state index in [1.807, 2.05) is 25.2 Å². The zero-order valence-electron chi connectivity index (χ0n) is 18.6. The van der Waals surface area contributed by atoms with Crippen molar-refractivity contribution in [2.24, 2.45) is 7.05 Å². The Labute approximate surface area is 186 Å². The van der Waals surface area contributed by atoms with Crippen LogP contribution in [0.2, 0.25) is 0 Å². The van der Waals surface area contributed by atoms with Gasteiger partial charge in [0.15, 0.2) is 17.0 Å². The van der Waals surface area contributed by atoms with Crippen molar-refractivity contribution in [2.45, 2.75) is 32.6 Å². The van der Waals surface area contributed by atoms with E-state index >= 15 is 0 Å². The maximum Gasteiger partial charge on any atom is 0.239 e. The summed E-state index contributed by atoms with van der Waals surface area (Å²) in [6.45, 7) is 5.09. The van der Waals surface area contributed by atoms with Crippen LogP contribution in [0.25, 0.3) is 34.2 Å². The third-order valence-corrected chi connectivity index (χ3v) is 6.51. The van der Waals surface area contributed by atoms with Gasteiger partial charge in [-0.25, -0.2) is 9.97 Å². The van der Waals surface area contributed by atoms with E-state index in [9.17, 15) is 0 Å². The summed E-state index contributed by atoms with van der Waals surface area (Å²) in [6, 6.07) is 8.18. The van der Waals surface area contributed by atoms with Crippen LogP contribution in [0.15, 0.2) is 29.8 Å². The van der Waals surface area contributed by atoms with Gasteiger partial charge < -0.3 is 14.2 Å². The van der Waals surface area contributed by atoms with Crippen molar-refractivity contribution in [2.75, 3.05) is 31.2 Å². The monoisotopic (exact) mass is 429 g/mol. The number of rotatable bonds is 4. The highest BCUT2D eigenvalue weighted by Crippen LogP contribution is 2.31. The van der Waals surface area contributed by atoms with E-state index in [1.165, 1.54) is 12.0 Å². The van der Waals surface area contributed by atoms with Gasteiger partial charge in [-0.1, -0.05) is 24.6 Å². The maximum absolute atomic E-state index is 5.60. The SMILES string of the molecule is CCc1nc2ccccc2n1-c1nc(N2CCOCC2)c2nc(C=C3CCC3)n(C)c2n1. The van der Waals surface area contributed by atoms with Gasteiger partial charge in [0.05, 0.1) is 24.2 Å². The molecule has 0 amide bonds. The zero-order valence-corrected chi connectivity index (χ0v) is 18.6. The number of aromatic nitrogens is 6. The first-order valence-corrected chi connectivity index (χ1v) is 11.5. The molecule has 164 valence electrons. The Hall–Kier alpha value is -3.26. The van der Waals surface area contributed by atoms with Crippen LogP contribution >= 0.6 is 0 Å². The van der Waals surface area contributed by atoms with E-state index in [0.29, 0.717) is 19.2 Å². The molecule has 4 heterocycles. The highest BCUT2D eigenvalue weighted by atomic mass is 16.5. The van der Waals surface area contributed by atoms with Crippen LogP contribution in [0.3, 0.4) is 0 Å². The Kier molecular flexibility index (Phi) is 4.68. The highest BCUT2D eigenvalue weighted by molar-refractivity contribution is 5.87. The number of fused-ring (bicyclic) bond motifs is 2. The van der Waals surface area contributed by atoms with Crippen molar-refractivity contribution >= 4 is 34.1 Å². The van der Waals surface area contributed by atoms with Gasteiger partial charge in [-0.15, -0.1) is 0 Å². The number of hydrogen-bond acceptors (Lipinski definition) is 6. The summed E-state index contributed by atoms with van der Waals surface area (Å²) in [5.74, 6) is 3.43. The van der Waals surface area contributed by atoms with Gasteiger partial charge in [0.25, 0.3) is 0 Å². The lowest BCUT2D eigenvalue weighted by Gasteiger charge is -2.28. The summed E-state index contributed by atoms with van der Waals surface area (Å²) >= 11 is 0. The fraction of sp³-hybridized carbons (Fsp3) is 0.417. The third kappa shape index (κ3) is 3.09. The topological polar surface area (TPSA) is 73.9 Å². The summed E-state index contributed by atoms with van der Waals surface area (Å²) < 4.78 is 9.79. The summed E-state index contributed by atoms with van der Waals surface area (Å²) in [5.41, 5.74) is 5.14. The van der Waals surface area contributed by atoms with Gasteiger partial charge in [0.2, 0.25) is 5.95 Å². The van der Waals surface area contributed by atoms with Crippen LogP contribution in [0.5, 0.6) is 0 Å². The van der Waals surface area contributed by atoms with Crippen LogP contribution in [0.4, 0.5) is 5.82 Å². The molecular weight excluding hydrogens is 402 g/mol. The largest absolute Gasteiger partial charge is 0.378 e. The number of aryl methyl sites for hydroxylation is 2. The van der Waals surface area contributed by atoms with Crippen LogP contribution in [-0.4, -0.2) is 55.4 Å². The molecule has 1 aliphatic carbocycles. The van der Waals surface area contributed by atoms with E-state index in [1.54, 1.807) is 0 Å². The fourth-order valence-electron chi connectivity index (χ4n) is 4.52. The minimum Gasteiger partial charge on any atom is -0.378 e. The van der Waals surface area contributed by atoms with Gasteiger partial charge in [0, 0.05) is 26.6 Å². The Morgan fingerprint density at radius 1 is 1.03 bits per heavy atom. The number of nitrogens with zero attached hydrogens (tertiary/aromatic N) is 7. The summed E-state index contributed by atoms with van der Waals surface area (Å²) in [4.78, 5) is 22.2. The van der Waals surface area contributed by atoms with Crippen molar-refractivity contribution in [3.8, 4) is 5.95 Å². The van der Waals surface area contributed by atoms with Crippen LogP contribution < -0.4 is 4.90 Å². The number of para-hydroxylation sites is 2. The predicted octanol–water partition coefficient (Wildman–Crippen LogP) is 3.67. The molecule has 8 nitrogen and oxygen atoms in total. The number of morpholine rings is 1. The predicted molar refractivity (Wildman–Crippen MR) is 125 cm³/mol. The number of anilines is 1. The Morgan fingerprint density at radius 2 is 1.84 bits per heavy atom. The van der Waals surface area contributed by atoms with Gasteiger partial charge in [-0.3, -0.25) is 4.57 Å². The highest BCUT2D eigenvalue weighted by Gasteiger charge is 2.24. The van der Waals surface area contributed by atoms with Crippen molar-refractivity contribution in [1.82, 2.24) is 29.1 Å². The van der Waals surface area contributed by atoms with E-state index in [4.69, 9.17) is 24.7 Å². The zero-order chi connectivity index (χ0) is 21.7. The van der Waals surface area contributed by atoms with Crippen LogP contribution in [0, 0.1) is 0 Å². The van der Waals surface area contributed by atoms with Crippen LogP contribution in [-0.2, 0) is 18.2 Å². The normalized spacial score (nSPS) is 16.7. The minimum absolute atomic E-state index is 0.649. The summed E-state index contributed by atoms with van der Waals surface area (Å²) in [6.07, 6.45) is 6.62. The molecule has 6 rings (SSSR count). The second-order valence-corrected chi connectivity index (χ2v) is 8.51. The molecule has 8 heteroatoms. The molecule has 1 aliphatic heterocycles. The molecule has 0 radical (unpaired) electrons. The average molecular weight is 430 g/mol. The van der Waals surface area contributed by atoms with Crippen LogP contribution in [0.1, 0.15) is 37.8 Å². The number of benzene rings is 1. The van der Waals surface area contributed by atoms with E-state index in [2.05, 4.69) is 33.1 Å². The quantitative estimate of drug-likeness (QED) is 0.493. The second-order valence-electron chi connectivity index (χ2n) is 8.51. The molecule has 0 N–H and O–H groups in total. The first kappa shape index (κ1) is 19.4. The Morgan fingerprint density at radius 3 is 2.59 bits per heavy atom. The standard InChI is InChI=1S/C24H27N7O/c1-3-19-25-17-9-4-5-10-18(17)31(19)24-27-22-21(23(28-24)30-11-13-32-14-12-30)26-20(29(22)2)15-16-7-6-8-16/h4-5,9-10,15H,3,6-8,11-14H2,1-2H3. The van der Waals surface area contributed by atoms with E-state index in [0.717, 1.165) is 72.0 Å². The lowest BCUT2D eigenvalue weighted by molar-refractivity contribution is 0.122. The molecule has 0 unspecified atom stereocenters. The molecule has 1 saturated heterocycles. The second kappa shape index (κ2) is 7.70. The molecule has 32 heavy (non-hydrogen) atoms. The van der Waals surface area contributed by atoms with Crippen molar-refractivity contribution in [1.29, 1.82) is 0 Å². The molecule has 1 aromatic carbocycles. The molecule has 1 saturated carbocycles. The maximum atomic E-state index is 5.60. The molecule has 3 aromatic heterocycles. The van der Waals surface area contributed by atoms with Crippen molar-refractivity contribution < 1.29 is 4.74 Å². The summed E-state index contributed by atoms with van der Waals surface area (Å²) in [5, 5.41) is 0. The molecular formula is C24H27N7O. The molecule has 0 spiro atoms. The lowest BCUT2D eigenvalue weighted by Crippen LogP contribution is -2.37. The van der Waals surface area contributed by atoms with Gasteiger partial charge in [-0.2, -0.15) is 9.97 Å². The number of ether oxygens (including phenoxy) is 1. The molecule has 4 aromatic rings. The van der Waals surface area contributed by atoms with Crippen molar-refractivity contribution in [3.63, 3.8) is 0 Å². The number of hydrogen-bond donors (Lipinski definition) is 0. The van der Waals surface area contributed by atoms with E-state index < -0.39 is 0 Å². The molecule has 0 bridgehead atoms. The molecule has 2 aliphatic rings. The first-order valence-electron chi connectivity index (χ1n) is 11.5. The summed E-state index contributed by atoms with van der Waals surface area (Å²) in [7, 11) is 2.05. The van der Waals surface area contributed by atoms with Gasteiger partial charge in [-0.05, 0) is 37.5 Å². The number of imidazole rings is 2. The lowest BCUT2D eigenvalue weighted by atomic mass is 9.92. The fourth-order valence-corrected chi connectivity index (χ4v) is 4.52. The smallest absolute Gasteiger partial charge is 0.239 e. The minimum atomic E-state index is 0.649. The van der Waals surface area contributed by atoms with Gasteiger partial charge >= 0.3 is 0 Å². The molecule has 2 fully saturated rings.